The van der Waals surface area contributed by atoms with E-state index in [2.05, 4.69) is 21.2 Å². The second kappa shape index (κ2) is 8.84. The number of ether oxygens (including phenoxy) is 1. The van der Waals surface area contributed by atoms with Crippen molar-refractivity contribution in [3.05, 3.63) is 36.0 Å². The van der Waals surface area contributed by atoms with Crippen LogP contribution in [0.15, 0.2) is 35.0 Å². The van der Waals surface area contributed by atoms with E-state index in [0.717, 1.165) is 0 Å². The molecule has 1 aromatic heterocycles. The van der Waals surface area contributed by atoms with E-state index in [9.17, 15) is 19.5 Å². The van der Waals surface area contributed by atoms with Crippen molar-refractivity contribution in [2.24, 2.45) is 0 Å². The molecule has 0 fully saturated rings. The lowest BCUT2D eigenvalue weighted by atomic mass is 10.2. The van der Waals surface area contributed by atoms with Crippen molar-refractivity contribution >= 4 is 24.0 Å². The van der Waals surface area contributed by atoms with Crippen LogP contribution in [0.2, 0.25) is 0 Å². The van der Waals surface area contributed by atoms with Crippen molar-refractivity contribution in [3.63, 3.8) is 0 Å². The fourth-order valence-electron chi connectivity index (χ4n) is 1.98. The van der Waals surface area contributed by atoms with Gasteiger partial charge in [-0.15, -0.1) is 0 Å². The highest BCUT2D eigenvalue weighted by atomic mass is 16.6. The summed E-state index contributed by atoms with van der Waals surface area (Å²) in [4.78, 5) is 34.0. The highest BCUT2D eigenvalue weighted by Crippen LogP contribution is 2.07. The summed E-state index contributed by atoms with van der Waals surface area (Å²) >= 11 is 0. The van der Waals surface area contributed by atoms with Gasteiger partial charge in [0.15, 0.2) is 0 Å². The number of carbonyl (C=O) groups is 3. The van der Waals surface area contributed by atoms with Crippen LogP contribution in [0.1, 0.15) is 31.1 Å². The lowest BCUT2D eigenvalue weighted by molar-refractivity contribution is -0.670. The predicted octanol–water partition coefficient (Wildman–Crippen LogP) is -0.0390. The van der Waals surface area contributed by atoms with E-state index in [1.165, 1.54) is 35.1 Å². The summed E-state index contributed by atoms with van der Waals surface area (Å²) in [5.74, 6) is -1.21. The molecule has 0 spiro atoms. The Morgan fingerprint density at radius 2 is 1.79 bits per heavy atom. The maximum atomic E-state index is 11.8. The fraction of sp³-hybridized carbons (Fsp3) is 0.353. The van der Waals surface area contributed by atoms with Crippen LogP contribution >= 0.6 is 0 Å². The minimum Gasteiger partial charge on any atom is -0.545 e. The van der Waals surface area contributed by atoms with Crippen molar-refractivity contribution in [1.29, 1.82) is 0 Å². The average molecular weight is 391 g/mol. The molecule has 11 heteroatoms. The van der Waals surface area contributed by atoms with Crippen LogP contribution in [0, 0.1) is 0 Å². The number of hydrogen-bond acceptors (Lipinski definition) is 7. The number of anilines is 1. The Morgan fingerprint density at radius 1 is 1.14 bits per heavy atom. The number of benzene rings is 1. The summed E-state index contributed by atoms with van der Waals surface area (Å²) in [6.45, 7) is 5.60. The topological polar surface area (TPSA) is 150 Å². The molecule has 3 N–H and O–H groups in total. The Hall–Kier alpha value is -3.63. The van der Waals surface area contributed by atoms with Gasteiger partial charge in [-0.25, -0.2) is 9.59 Å². The van der Waals surface area contributed by atoms with Gasteiger partial charge in [-0.2, -0.15) is 0 Å². The van der Waals surface area contributed by atoms with E-state index < -0.39 is 23.7 Å². The van der Waals surface area contributed by atoms with Gasteiger partial charge in [-0.1, -0.05) is 0 Å². The highest BCUT2D eigenvalue weighted by molar-refractivity contribution is 5.87. The molecule has 0 bridgehead atoms. The SMILES string of the molecule is CC(C)(C)OC(=O)NCCNC(=O)Nc1c[n+](-c2ccc(C(=O)[O-])cc2)no1. The van der Waals surface area contributed by atoms with E-state index in [4.69, 9.17) is 9.26 Å². The number of alkyl carbamates (subject to hydrolysis) is 1. The lowest BCUT2D eigenvalue weighted by Crippen LogP contribution is -2.39. The number of urea groups is 1. The van der Waals surface area contributed by atoms with Gasteiger partial charge in [0.2, 0.25) is 11.0 Å². The minimum absolute atomic E-state index is 0.0329. The molecule has 3 amide bonds. The van der Waals surface area contributed by atoms with Crippen LogP contribution in [-0.2, 0) is 4.74 Å². The number of nitrogens with one attached hydrogen (secondary N) is 3. The number of amides is 3. The van der Waals surface area contributed by atoms with Gasteiger partial charge in [-0.3, -0.25) is 9.84 Å². The Balaban J connectivity index is 1.77. The number of nitrogens with zero attached hydrogens (tertiary/aromatic N) is 2. The Kier molecular flexibility index (Phi) is 6.53. The summed E-state index contributed by atoms with van der Waals surface area (Å²) in [6.07, 6.45) is 0.836. The molecule has 28 heavy (non-hydrogen) atoms. The van der Waals surface area contributed by atoms with Gasteiger partial charge in [0.1, 0.15) is 5.60 Å². The highest BCUT2D eigenvalue weighted by Gasteiger charge is 2.17. The molecule has 0 aliphatic carbocycles. The Bertz CT molecular complexity index is 840. The number of hydrogen-bond donors (Lipinski definition) is 3. The maximum Gasteiger partial charge on any atom is 0.407 e. The van der Waals surface area contributed by atoms with Crippen molar-refractivity contribution in [1.82, 2.24) is 15.9 Å². The second-order valence-corrected chi connectivity index (χ2v) is 6.65. The van der Waals surface area contributed by atoms with Gasteiger partial charge >= 0.3 is 18.0 Å². The molecule has 11 nitrogen and oxygen atoms in total. The maximum absolute atomic E-state index is 11.8. The summed E-state index contributed by atoms with van der Waals surface area (Å²) in [6, 6.07) is 5.20. The molecule has 1 aromatic carbocycles. The van der Waals surface area contributed by atoms with Gasteiger partial charge in [0.05, 0.1) is 5.97 Å². The van der Waals surface area contributed by atoms with Gasteiger partial charge in [0, 0.05) is 25.2 Å². The van der Waals surface area contributed by atoms with Crippen LogP contribution < -0.4 is 25.7 Å². The van der Waals surface area contributed by atoms with E-state index in [0.29, 0.717) is 5.69 Å². The van der Waals surface area contributed by atoms with Gasteiger partial charge in [0.25, 0.3) is 6.20 Å². The third-order valence-corrected chi connectivity index (χ3v) is 3.15. The second-order valence-electron chi connectivity index (χ2n) is 6.65. The quantitative estimate of drug-likeness (QED) is 0.462. The summed E-state index contributed by atoms with van der Waals surface area (Å²) in [5.41, 5.74) is -0.0317. The average Bonchev–Trinajstić information content (AvgIpc) is 3.05. The molecule has 0 saturated heterocycles. The van der Waals surface area contributed by atoms with E-state index in [1.807, 2.05) is 0 Å². The van der Waals surface area contributed by atoms with Crippen molar-refractivity contribution in [3.8, 4) is 5.69 Å². The fourth-order valence-corrected chi connectivity index (χ4v) is 1.98. The number of carbonyl (C=O) groups excluding carboxylic acids is 3. The molecular weight excluding hydrogens is 370 g/mol. The smallest absolute Gasteiger partial charge is 0.407 e. The number of carboxylic acid groups (broad SMARTS) is 1. The van der Waals surface area contributed by atoms with E-state index >= 15 is 0 Å². The minimum atomic E-state index is -1.28. The number of carboxylic acids is 1. The number of aromatic nitrogens is 2. The van der Waals surface area contributed by atoms with Crippen LogP contribution in [0.5, 0.6) is 0 Å². The van der Waals surface area contributed by atoms with Crippen LogP contribution in [0.4, 0.5) is 15.5 Å². The number of rotatable bonds is 6. The predicted molar refractivity (Wildman–Crippen MR) is 93.6 cm³/mol. The van der Waals surface area contributed by atoms with Gasteiger partial charge in [-0.05, 0) is 43.1 Å². The van der Waals surface area contributed by atoms with Crippen LogP contribution in [0.25, 0.3) is 5.69 Å². The summed E-state index contributed by atoms with van der Waals surface area (Å²) in [5, 5.41) is 21.9. The van der Waals surface area contributed by atoms with Crippen LogP contribution in [0.3, 0.4) is 0 Å². The normalized spacial score (nSPS) is 10.8. The number of aromatic carboxylic acids is 1. The molecule has 2 rings (SSSR count). The third kappa shape index (κ3) is 6.59. The summed E-state index contributed by atoms with van der Waals surface area (Å²) < 4.78 is 11.4. The first-order chi connectivity index (χ1) is 13.1. The van der Waals surface area contributed by atoms with Crippen molar-refractivity contribution in [2.75, 3.05) is 18.4 Å². The van der Waals surface area contributed by atoms with Gasteiger partial charge < -0.3 is 25.3 Å². The summed E-state index contributed by atoms with van der Waals surface area (Å²) in [7, 11) is 0. The van der Waals surface area contributed by atoms with Crippen molar-refractivity contribution in [2.45, 2.75) is 26.4 Å². The molecule has 2 aromatic rings. The van der Waals surface area contributed by atoms with E-state index in [1.54, 1.807) is 20.8 Å². The molecule has 1 heterocycles. The zero-order chi connectivity index (χ0) is 20.7. The molecule has 150 valence electrons. The standard InChI is InChI=1S/C17H21N5O6/c1-17(2,3)27-16(26)19-9-8-18-15(25)20-13-10-22(21-28-13)12-6-4-11(5-7-12)14(23)24/h4-7,10H,8-9H2,1-3H3,(H3-,18,19,20,21,23,24,25,26). The molecule has 0 radical (unpaired) electrons. The van der Waals surface area contributed by atoms with E-state index in [-0.39, 0.29) is 24.5 Å². The van der Waals surface area contributed by atoms with Crippen molar-refractivity contribution < 1.29 is 33.4 Å². The Morgan fingerprint density at radius 3 is 2.39 bits per heavy atom. The molecule has 0 aliphatic rings. The molecule has 0 aliphatic heterocycles. The first-order valence-electron chi connectivity index (χ1n) is 8.36. The lowest BCUT2D eigenvalue weighted by Gasteiger charge is -2.19. The monoisotopic (exact) mass is 391 g/mol. The molecule has 0 saturated carbocycles. The zero-order valence-corrected chi connectivity index (χ0v) is 15.6. The first-order valence-corrected chi connectivity index (χ1v) is 8.36. The molecular formula is C17H21N5O6. The Labute approximate surface area is 160 Å². The zero-order valence-electron chi connectivity index (χ0n) is 15.6. The first kappa shape index (κ1) is 20.7. The van der Waals surface area contributed by atoms with Crippen LogP contribution in [-0.4, -0.2) is 42.1 Å². The molecule has 0 unspecified atom stereocenters. The third-order valence-electron chi connectivity index (χ3n) is 3.15. The largest absolute Gasteiger partial charge is 0.545 e. The molecule has 0 atom stereocenters.